The van der Waals surface area contributed by atoms with Gasteiger partial charge in [0.2, 0.25) is 17.6 Å². The van der Waals surface area contributed by atoms with E-state index in [-0.39, 0.29) is 18.7 Å². The van der Waals surface area contributed by atoms with Crippen molar-refractivity contribution in [1.82, 2.24) is 10.1 Å². The maximum Gasteiger partial charge on any atom is 0.252 e. The van der Waals surface area contributed by atoms with Gasteiger partial charge in [0.15, 0.2) is 5.76 Å². The molecule has 1 aromatic carbocycles. The topological polar surface area (TPSA) is 124 Å². The third kappa shape index (κ3) is 4.01. The highest BCUT2D eigenvalue weighted by Gasteiger charge is 2.23. The summed E-state index contributed by atoms with van der Waals surface area (Å²) in [7, 11) is 0. The largest absolute Gasteiger partial charge is 0.461 e. The summed E-state index contributed by atoms with van der Waals surface area (Å²) in [5.41, 5.74) is 7.56. The van der Waals surface area contributed by atoms with Gasteiger partial charge in [0.1, 0.15) is 5.00 Å². The lowest BCUT2D eigenvalue weighted by Gasteiger charge is -2.06. The normalized spacial score (nSPS) is 10.8. The number of furan rings is 1. The molecule has 4 aromatic rings. The van der Waals surface area contributed by atoms with Gasteiger partial charge in [-0.05, 0) is 24.6 Å². The number of carbonyl (C=O) groups is 2. The summed E-state index contributed by atoms with van der Waals surface area (Å²) in [6.45, 7) is 1.89. The molecule has 0 atom stereocenters. The van der Waals surface area contributed by atoms with E-state index in [0.29, 0.717) is 28.0 Å². The standard InChI is InChI=1S/C21H18N4O4S/c1-12-17(13-6-3-2-4-7-13)18(19(22)27)21(30-12)23-15(26)9-10-16-24-20(25-29-16)14-8-5-11-28-14/h2-8,11H,9-10H2,1H3,(H2,22,27)(H,23,26). The van der Waals surface area contributed by atoms with Crippen LogP contribution in [0.5, 0.6) is 0 Å². The number of rotatable bonds is 7. The van der Waals surface area contributed by atoms with Crippen LogP contribution in [0.4, 0.5) is 5.00 Å². The Morgan fingerprint density at radius 1 is 1.17 bits per heavy atom. The molecule has 2 amide bonds. The first kappa shape index (κ1) is 19.6. The Bertz CT molecular complexity index is 1180. The quantitative estimate of drug-likeness (QED) is 0.463. The fourth-order valence-electron chi connectivity index (χ4n) is 3.09. The first-order valence-corrected chi connectivity index (χ1v) is 9.99. The molecular weight excluding hydrogens is 404 g/mol. The van der Waals surface area contributed by atoms with Gasteiger partial charge in [0.05, 0.1) is 11.8 Å². The number of anilines is 1. The minimum atomic E-state index is -0.589. The third-order valence-electron chi connectivity index (χ3n) is 4.42. The number of benzene rings is 1. The van der Waals surface area contributed by atoms with E-state index in [1.807, 2.05) is 37.3 Å². The number of nitrogens with two attached hydrogens (primary N) is 1. The van der Waals surface area contributed by atoms with Crippen molar-refractivity contribution in [3.05, 3.63) is 65.1 Å². The maximum atomic E-state index is 12.5. The summed E-state index contributed by atoms with van der Waals surface area (Å²) in [6.07, 6.45) is 1.87. The molecule has 9 heteroatoms. The molecule has 0 spiro atoms. The Morgan fingerprint density at radius 3 is 2.67 bits per heavy atom. The molecule has 4 rings (SSSR count). The van der Waals surface area contributed by atoms with Crippen molar-refractivity contribution < 1.29 is 18.5 Å². The maximum absolute atomic E-state index is 12.5. The van der Waals surface area contributed by atoms with Gasteiger partial charge < -0.3 is 20.0 Å². The van der Waals surface area contributed by atoms with E-state index in [4.69, 9.17) is 14.7 Å². The summed E-state index contributed by atoms with van der Waals surface area (Å²) >= 11 is 1.32. The molecule has 0 bridgehead atoms. The van der Waals surface area contributed by atoms with Crippen molar-refractivity contribution >= 4 is 28.2 Å². The van der Waals surface area contributed by atoms with Gasteiger partial charge >= 0.3 is 0 Å². The number of aryl methyl sites for hydroxylation is 2. The number of primary amides is 1. The lowest BCUT2D eigenvalue weighted by Crippen LogP contribution is -2.17. The SMILES string of the molecule is Cc1sc(NC(=O)CCc2nc(-c3ccco3)no2)c(C(N)=O)c1-c1ccccc1. The summed E-state index contributed by atoms with van der Waals surface area (Å²) in [5, 5.41) is 7.07. The first-order valence-electron chi connectivity index (χ1n) is 9.18. The lowest BCUT2D eigenvalue weighted by atomic mass is 10.0. The minimum Gasteiger partial charge on any atom is -0.461 e. The van der Waals surface area contributed by atoms with Crippen LogP contribution < -0.4 is 11.1 Å². The fourth-order valence-corrected chi connectivity index (χ4v) is 4.19. The van der Waals surface area contributed by atoms with E-state index < -0.39 is 5.91 Å². The predicted octanol–water partition coefficient (Wildman–Crippen LogP) is 4.04. The van der Waals surface area contributed by atoms with Crippen molar-refractivity contribution in [1.29, 1.82) is 0 Å². The highest BCUT2D eigenvalue weighted by Crippen LogP contribution is 2.39. The molecule has 0 unspecified atom stereocenters. The van der Waals surface area contributed by atoms with Gasteiger partial charge in [0, 0.05) is 23.3 Å². The van der Waals surface area contributed by atoms with Crippen LogP contribution in [0.2, 0.25) is 0 Å². The van der Waals surface area contributed by atoms with Crippen molar-refractivity contribution in [3.63, 3.8) is 0 Å². The van der Waals surface area contributed by atoms with Crippen LogP contribution in [0.15, 0.2) is 57.7 Å². The van der Waals surface area contributed by atoms with Crippen LogP contribution in [0.25, 0.3) is 22.7 Å². The zero-order valence-corrected chi connectivity index (χ0v) is 16.9. The van der Waals surface area contributed by atoms with E-state index in [0.717, 1.165) is 16.0 Å². The number of nitrogens with one attached hydrogen (secondary N) is 1. The Kier molecular flexibility index (Phi) is 5.44. The molecule has 8 nitrogen and oxygen atoms in total. The van der Waals surface area contributed by atoms with Crippen molar-refractivity contribution in [3.8, 4) is 22.7 Å². The molecule has 3 N–H and O–H groups in total. The van der Waals surface area contributed by atoms with Crippen LogP contribution in [0.1, 0.15) is 27.5 Å². The third-order valence-corrected chi connectivity index (χ3v) is 5.44. The molecule has 152 valence electrons. The average Bonchev–Trinajstić information content (AvgIpc) is 3.47. The van der Waals surface area contributed by atoms with Crippen molar-refractivity contribution in [2.24, 2.45) is 5.73 Å². The van der Waals surface area contributed by atoms with Gasteiger partial charge in [-0.15, -0.1) is 11.3 Å². The van der Waals surface area contributed by atoms with E-state index in [2.05, 4.69) is 15.5 Å². The molecule has 0 saturated heterocycles. The van der Waals surface area contributed by atoms with Crippen LogP contribution >= 0.6 is 11.3 Å². The molecule has 0 radical (unpaired) electrons. The highest BCUT2D eigenvalue weighted by atomic mass is 32.1. The van der Waals surface area contributed by atoms with E-state index >= 15 is 0 Å². The summed E-state index contributed by atoms with van der Waals surface area (Å²) in [5.74, 6) is 0.263. The van der Waals surface area contributed by atoms with Crippen molar-refractivity contribution in [2.75, 3.05) is 5.32 Å². The number of hydrogen-bond acceptors (Lipinski definition) is 7. The molecule has 0 fully saturated rings. The Labute approximate surface area is 175 Å². The Morgan fingerprint density at radius 2 is 1.97 bits per heavy atom. The summed E-state index contributed by atoms with van der Waals surface area (Å²) in [4.78, 5) is 29.7. The van der Waals surface area contributed by atoms with Crippen LogP contribution in [0.3, 0.4) is 0 Å². The number of thiophene rings is 1. The van der Waals surface area contributed by atoms with Gasteiger partial charge in [-0.25, -0.2) is 0 Å². The van der Waals surface area contributed by atoms with Gasteiger partial charge in [-0.1, -0.05) is 35.5 Å². The first-order chi connectivity index (χ1) is 14.5. The number of carbonyl (C=O) groups excluding carboxylic acids is 2. The van der Waals surface area contributed by atoms with Crippen LogP contribution in [-0.4, -0.2) is 22.0 Å². The van der Waals surface area contributed by atoms with Crippen molar-refractivity contribution in [2.45, 2.75) is 19.8 Å². The van der Waals surface area contributed by atoms with Crippen LogP contribution in [0, 0.1) is 6.92 Å². The summed E-state index contributed by atoms with van der Waals surface area (Å²) in [6, 6.07) is 12.9. The second kappa shape index (κ2) is 8.34. The van der Waals surface area contributed by atoms with Gasteiger partial charge in [0.25, 0.3) is 5.91 Å². The molecule has 0 aliphatic rings. The molecule has 0 saturated carbocycles. The van der Waals surface area contributed by atoms with Gasteiger partial charge in [-0.3, -0.25) is 9.59 Å². The van der Waals surface area contributed by atoms with Crippen LogP contribution in [-0.2, 0) is 11.2 Å². The molecule has 3 heterocycles. The van der Waals surface area contributed by atoms with E-state index in [9.17, 15) is 9.59 Å². The highest BCUT2D eigenvalue weighted by molar-refractivity contribution is 7.17. The molecule has 0 aliphatic carbocycles. The Balaban J connectivity index is 1.48. The monoisotopic (exact) mass is 422 g/mol. The number of amides is 2. The van der Waals surface area contributed by atoms with E-state index in [1.165, 1.54) is 17.6 Å². The second-order valence-electron chi connectivity index (χ2n) is 6.50. The fraction of sp³-hybridized carbons (Fsp3) is 0.143. The smallest absolute Gasteiger partial charge is 0.252 e. The average molecular weight is 422 g/mol. The minimum absolute atomic E-state index is 0.107. The number of hydrogen-bond donors (Lipinski definition) is 2. The zero-order valence-electron chi connectivity index (χ0n) is 16.0. The Hall–Kier alpha value is -3.72. The number of aromatic nitrogens is 2. The second-order valence-corrected chi connectivity index (χ2v) is 7.73. The molecular formula is C21H18N4O4S. The molecule has 0 aliphatic heterocycles. The zero-order chi connectivity index (χ0) is 21.1. The lowest BCUT2D eigenvalue weighted by molar-refractivity contribution is -0.116. The predicted molar refractivity (Wildman–Crippen MR) is 112 cm³/mol. The van der Waals surface area contributed by atoms with E-state index in [1.54, 1.807) is 12.1 Å². The molecule has 30 heavy (non-hydrogen) atoms. The number of nitrogens with zero attached hydrogens (tertiary/aromatic N) is 2. The summed E-state index contributed by atoms with van der Waals surface area (Å²) < 4.78 is 10.4. The molecule has 3 aromatic heterocycles. The van der Waals surface area contributed by atoms with Gasteiger partial charge in [-0.2, -0.15) is 4.98 Å².